The lowest BCUT2D eigenvalue weighted by molar-refractivity contribution is -0.126. The maximum atomic E-state index is 13.3. The number of halogens is 3. The van der Waals surface area contributed by atoms with Crippen molar-refractivity contribution in [3.05, 3.63) is 93.2 Å². The highest BCUT2D eigenvalue weighted by atomic mass is 35.5. The highest BCUT2D eigenvalue weighted by Crippen LogP contribution is 2.24. The average Bonchev–Trinajstić information content (AvgIpc) is 2.93. The van der Waals surface area contributed by atoms with Crippen LogP contribution in [0.1, 0.15) is 36.5 Å². The SMILES string of the molecule is C/C(=N\NC(=O)C1CCN(Cc2ccc(F)cc2Cl)CC1)c1ccc(NC(=O)COc2ccc(Cl)cc2C)cc1. The topological polar surface area (TPSA) is 83.0 Å². The van der Waals surface area contributed by atoms with Crippen LogP contribution in [0.25, 0.3) is 0 Å². The number of nitrogens with zero attached hydrogens (tertiary/aromatic N) is 2. The summed E-state index contributed by atoms with van der Waals surface area (Å²) in [6.07, 6.45) is 1.41. The van der Waals surface area contributed by atoms with Crippen molar-refractivity contribution in [3.63, 3.8) is 0 Å². The summed E-state index contributed by atoms with van der Waals surface area (Å²) in [6.45, 7) is 5.65. The van der Waals surface area contributed by atoms with Crippen molar-refractivity contribution in [2.45, 2.75) is 33.2 Å². The molecule has 10 heteroatoms. The van der Waals surface area contributed by atoms with E-state index < -0.39 is 0 Å². The van der Waals surface area contributed by atoms with Crippen molar-refractivity contribution in [1.82, 2.24) is 10.3 Å². The molecule has 1 fully saturated rings. The quantitative estimate of drug-likeness (QED) is 0.231. The van der Waals surface area contributed by atoms with Gasteiger partial charge in [-0.2, -0.15) is 5.10 Å². The third-order valence-electron chi connectivity index (χ3n) is 6.78. The van der Waals surface area contributed by atoms with Crippen LogP contribution in [0.4, 0.5) is 10.1 Å². The summed E-state index contributed by atoms with van der Waals surface area (Å²) in [7, 11) is 0. The van der Waals surface area contributed by atoms with Gasteiger partial charge in [0, 0.05) is 28.2 Å². The molecule has 0 radical (unpaired) electrons. The molecule has 0 unspecified atom stereocenters. The molecular formula is C30H31Cl2FN4O3. The molecule has 1 aliphatic heterocycles. The maximum Gasteiger partial charge on any atom is 0.262 e. The Morgan fingerprint density at radius 3 is 2.45 bits per heavy atom. The van der Waals surface area contributed by atoms with Crippen LogP contribution in [-0.2, 0) is 16.1 Å². The van der Waals surface area contributed by atoms with Crippen LogP contribution in [-0.4, -0.2) is 42.1 Å². The van der Waals surface area contributed by atoms with Gasteiger partial charge in [0.05, 0.1) is 5.71 Å². The van der Waals surface area contributed by atoms with Crippen molar-refractivity contribution >= 4 is 46.4 Å². The van der Waals surface area contributed by atoms with E-state index in [4.69, 9.17) is 27.9 Å². The lowest BCUT2D eigenvalue weighted by Crippen LogP contribution is -2.39. The van der Waals surface area contributed by atoms with E-state index in [1.165, 1.54) is 12.1 Å². The number of ether oxygens (including phenoxy) is 1. The molecule has 2 N–H and O–H groups in total. The van der Waals surface area contributed by atoms with Gasteiger partial charge in [0.25, 0.3) is 5.91 Å². The zero-order chi connectivity index (χ0) is 28.6. The van der Waals surface area contributed by atoms with Gasteiger partial charge in [-0.05, 0) is 98.9 Å². The van der Waals surface area contributed by atoms with E-state index in [-0.39, 0.29) is 30.2 Å². The molecule has 1 heterocycles. The molecule has 2 amide bonds. The Balaban J connectivity index is 1.21. The molecule has 4 rings (SSSR count). The Morgan fingerprint density at radius 1 is 1.05 bits per heavy atom. The first kappa shape index (κ1) is 29.5. The van der Waals surface area contributed by atoms with Crippen molar-refractivity contribution in [2.24, 2.45) is 11.0 Å². The fourth-order valence-corrected chi connectivity index (χ4v) is 4.90. The number of carbonyl (C=O) groups is 2. The van der Waals surface area contributed by atoms with E-state index >= 15 is 0 Å². The van der Waals surface area contributed by atoms with E-state index in [9.17, 15) is 14.0 Å². The van der Waals surface area contributed by atoms with Crippen molar-refractivity contribution in [2.75, 3.05) is 25.0 Å². The number of hydrazone groups is 1. The Hall–Kier alpha value is -3.46. The minimum absolute atomic E-state index is 0.112. The summed E-state index contributed by atoms with van der Waals surface area (Å²) in [6, 6.07) is 16.8. The first-order chi connectivity index (χ1) is 19.2. The number of piperidine rings is 1. The van der Waals surface area contributed by atoms with Crippen molar-refractivity contribution in [1.29, 1.82) is 0 Å². The van der Waals surface area contributed by atoms with Crippen LogP contribution >= 0.6 is 23.2 Å². The molecule has 0 bridgehead atoms. The van der Waals surface area contributed by atoms with Gasteiger partial charge in [-0.25, -0.2) is 9.82 Å². The molecule has 0 saturated carbocycles. The third-order valence-corrected chi connectivity index (χ3v) is 7.37. The fourth-order valence-electron chi connectivity index (χ4n) is 4.45. The number of rotatable bonds is 9. The molecule has 40 heavy (non-hydrogen) atoms. The first-order valence-electron chi connectivity index (χ1n) is 13.0. The minimum atomic E-state index is -0.353. The molecule has 0 atom stereocenters. The normalized spacial score (nSPS) is 14.6. The number of anilines is 1. The summed E-state index contributed by atoms with van der Waals surface area (Å²) < 4.78 is 18.9. The number of hydrogen-bond acceptors (Lipinski definition) is 5. The van der Waals surface area contributed by atoms with Gasteiger partial charge in [-0.15, -0.1) is 0 Å². The summed E-state index contributed by atoms with van der Waals surface area (Å²) in [4.78, 5) is 27.2. The largest absolute Gasteiger partial charge is 0.483 e. The molecule has 0 spiro atoms. The van der Waals surface area contributed by atoms with Crippen LogP contribution in [0.2, 0.25) is 10.0 Å². The summed E-state index contributed by atoms with van der Waals surface area (Å²) >= 11 is 12.1. The fraction of sp³-hybridized carbons (Fsp3) is 0.300. The Morgan fingerprint density at radius 2 is 1.77 bits per heavy atom. The van der Waals surface area contributed by atoms with Gasteiger partial charge < -0.3 is 10.1 Å². The molecule has 7 nitrogen and oxygen atoms in total. The highest BCUT2D eigenvalue weighted by Gasteiger charge is 2.25. The zero-order valence-electron chi connectivity index (χ0n) is 22.3. The lowest BCUT2D eigenvalue weighted by Gasteiger charge is -2.31. The second-order valence-electron chi connectivity index (χ2n) is 9.78. The molecule has 3 aromatic rings. The number of benzene rings is 3. The number of aryl methyl sites for hydroxylation is 1. The van der Waals surface area contributed by atoms with Gasteiger partial charge >= 0.3 is 0 Å². The molecule has 1 saturated heterocycles. The van der Waals surface area contributed by atoms with Crippen LogP contribution in [0, 0.1) is 18.7 Å². The number of carbonyl (C=O) groups excluding carboxylic acids is 2. The predicted octanol–water partition coefficient (Wildman–Crippen LogP) is 6.21. The smallest absolute Gasteiger partial charge is 0.262 e. The molecular weight excluding hydrogens is 554 g/mol. The molecule has 0 aliphatic carbocycles. The number of likely N-dealkylation sites (tertiary alicyclic amines) is 1. The highest BCUT2D eigenvalue weighted by molar-refractivity contribution is 6.31. The van der Waals surface area contributed by atoms with Crippen LogP contribution in [0.5, 0.6) is 5.75 Å². The van der Waals surface area contributed by atoms with E-state index in [1.807, 2.05) is 26.0 Å². The number of nitrogens with one attached hydrogen (secondary N) is 2. The Kier molecular flexibility index (Phi) is 10.1. The Labute approximate surface area is 243 Å². The summed E-state index contributed by atoms with van der Waals surface area (Å²) in [5.74, 6) is -0.281. The van der Waals surface area contributed by atoms with Gasteiger partial charge in [0.2, 0.25) is 5.91 Å². The monoisotopic (exact) mass is 584 g/mol. The predicted molar refractivity (Wildman–Crippen MR) is 157 cm³/mol. The van der Waals surface area contributed by atoms with Crippen molar-refractivity contribution in [3.8, 4) is 5.75 Å². The average molecular weight is 586 g/mol. The van der Waals surface area contributed by atoms with Crippen LogP contribution in [0.3, 0.4) is 0 Å². The first-order valence-corrected chi connectivity index (χ1v) is 13.7. The lowest BCUT2D eigenvalue weighted by atomic mass is 9.96. The second kappa shape index (κ2) is 13.7. The van der Waals surface area contributed by atoms with E-state index in [1.54, 1.807) is 36.4 Å². The number of amides is 2. The zero-order valence-corrected chi connectivity index (χ0v) is 23.9. The molecule has 3 aromatic carbocycles. The van der Waals surface area contributed by atoms with Crippen molar-refractivity contribution < 1.29 is 18.7 Å². The minimum Gasteiger partial charge on any atom is -0.483 e. The van der Waals surface area contributed by atoms with Gasteiger partial charge in [-0.3, -0.25) is 14.5 Å². The van der Waals surface area contributed by atoms with Crippen LogP contribution < -0.4 is 15.5 Å². The van der Waals surface area contributed by atoms with E-state index in [0.717, 1.165) is 29.8 Å². The Bertz CT molecular complexity index is 1390. The summed E-state index contributed by atoms with van der Waals surface area (Å²) in [5.41, 5.74) is 6.50. The van der Waals surface area contributed by atoms with Gasteiger partial charge in [0.15, 0.2) is 6.61 Å². The third kappa shape index (κ3) is 8.27. The van der Waals surface area contributed by atoms with Crippen LogP contribution in [0.15, 0.2) is 65.8 Å². The maximum absolute atomic E-state index is 13.3. The van der Waals surface area contributed by atoms with Gasteiger partial charge in [0.1, 0.15) is 11.6 Å². The van der Waals surface area contributed by atoms with E-state index in [2.05, 4.69) is 20.7 Å². The molecule has 210 valence electrons. The molecule has 0 aromatic heterocycles. The summed E-state index contributed by atoms with van der Waals surface area (Å²) in [5, 5.41) is 8.10. The second-order valence-corrected chi connectivity index (χ2v) is 10.6. The van der Waals surface area contributed by atoms with Gasteiger partial charge in [-0.1, -0.05) is 41.4 Å². The van der Waals surface area contributed by atoms with E-state index in [0.29, 0.717) is 46.6 Å². The molecule has 1 aliphatic rings. The number of hydrogen-bond donors (Lipinski definition) is 2. The standard InChI is InChI=1S/C30H31Cl2FN4O3/c1-19-15-24(31)6-10-28(19)40-18-29(38)34-26-8-4-21(5-9-26)20(2)35-36-30(39)22-11-13-37(14-12-22)17-23-3-7-25(33)16-27(23)32/h3-10,15-16,22H,11-14,17-18H2,1-2H3,(H,34,38)(H,36,39)/b35-20+.